The minimum absolute atomic E-state index is 0.302. The quantitative estimate of drug-likeness (QED) is 0.535. The second kappa shape index (κ2) is 7.29. The Labute approximate surface area is 147 Å². The van der Waals surface area contributed by atoms with Gasteiger partial charge in [-0.15, -0.1) is 0 Å². The molecule has 1 aromatic heterocycles. The van der Waals surface area contributed by atoms with Crippen molar-refractivity contribution in [1.29, 1.82) is 0 Å². The Morgan fingerprint density at radius 3 is 2.42 bits per heavy atom. The van der Waals surface area contributed by atoms with Crippen LogP contribution >= 0.6 is 22.9 Å². The molecule has 2 aromatic carbocycles. The maximum absolute atomic E-state index is 12.2. The molecule has 3 rings (SSSR count). The Bertz CT molecular complexity index is 860. The van der Waals surface area contributed by atoms with E-state index in [4.69, 9.17) is 16.3 Å². The Hall–Kier alpha value is -2.63. The van der Waals surface area contributed by atoms with E-state index in [2.05, 4.69) is 5.32 Å². The van der Waals surface area contributed by atoms with Gasteiger partial charge < -0.3 is 10.1 Å². The topological polar surface area (TPSA) is 55.4 Å². The molecule has 0 fully saturated rings. The Morgan fingerprint density at radius 1 is 1.00 bits per heavy atom. The molecule has 120 valence electrons. The van der Waals surface area contributed by atoms with Crippen LogP contribution in [0.15, 0.2) is 65.4 Å². The molecule has 0 aliphatic carbocycles. The van der Waals surface area contributed by atoms with Gasteiger partial charge in [0.05, 0.1) is 16.1 Å². The van der Waals surface area contributed by atoms with Crippen molar-refractivity contribution in [1.82, 2.24) is 0 Å². The van der Waals surface area contributed by atoms with Crippen molar-refractivity contribution in [3.8, 4) is 5.75 Å². The van der Waals surface area contributed by atoms with Crippen LogP contribution in [-0.4, -0.2) is 11.9 Å². The second-order valence-corrected chi connectivity index (χ2v) is 6.05. The summed E-state index contributed by atoms with van der Waals surface area (Å²) in [4.78, 5) is 24.0. The highest BCUT2D eigenvalue weighted by Gasteiger charge is 2.11. The van der Waals surface area contributed by atoms with Gasteiger partial charge in [-0.2, -0.15) is 11.3 Å². The molecule has 0 aliphatic rings. The van der Waals surface area contributed by atoms with Gasteiger partial charge in [0.15, 0.2) is 0 Å². The van der Waals surface area contributed by atoms with E-state index in [1.165, 1.54) is 11.3 Å². The van der Waals surface area contributed by atoms with Crippen LogP contribution in [0.1, 0.15) is 20.7 Å². The fourth-order valence-electron chi connectivity index (χ4n) is 2.00. The molecule has 0 aliphatic heterocycles. The molecule has 0 spiro atoms. The summed E-state index contributed by atoms with van der Waals surface area (Å²) in [5, 5.41) is 6.66. The number of halogens is 1. The van der Waals surface area contributed by atoms with Gasteiger partial charge >= 0.3 is 5.97 Å². The highest BCUT2D eigenvalue weighted by molar-refractivity contribution is 7.08. The summed E-state index contributed by atoms with van der Waals surface area (Å²) in [5.74, 6) is -0.310. The molecule has 0 atom stereocenters. The molecule has 3 aromatic rings. The summed E-state index contributed by atoms with van der Waals surface area (Å²) in [7, 11) is 0. The van der Waals surface area contributed by atoms with Crippen LogP contribution in [0.25, 0.3) is 0 Å². The monoisotopic (exact) mass is 357 g/mol. The van der Waals surface area contributed by atoms with Crippen molar-refractivity contribution >= 4 is 40.5 Å². The number of amides is 1. The fraction of sp³-hybridized carbons (Fsp3) is 0. The van der Waals surface area contributed by atoms with E-state index < -0.39 is 5.97 Å². The van der Waals surface area contributed by atoms with Crippen LogP contribution in [0.3, 0.4) is 0 Å². The van der Waals surface area contributed by atoms with E-state index in [-0.39, 0.29) is 5.91 Å². The molecule has 0 unspecified atom stereocenters. The van der Waals surface area contributed by atoms with Crippen molar-refractivity contribution in [2.45, 2.75) is 0 Å². The number of rotatable bonds is 4. The molecule has 1 N–H and O–H groups in total. The molecular formula is C18H12ClNO3S. The number of anilines is 1. The first-order chi connectivity index (χ1) is 11.6. The second-order valence-electron chi connectivity index (χ2n) is 4.86. The van der Waals surface area contributed by atoms with E-state index >= 15 is 0 Å². The largest absolute Gasteiger partial charge is 0.423 e. The Balaban J connectivity index is 1.65. The van der Waals surface area contributed by atoms with Gasteiger partial charge in [-0.1, -0.05) is 23.7 Å². The predicted molar refractivity (Wildman–Crippen MR) is 95.1 cm³/mol. The van der Waals surface area contributed by atoms with Crippen LogP contribution < -0.4 is 10.1 Å². The van der Waals surface area contributed by atoms with Crippen LogP contribution in [0, 0.1) is 0 Å². The van der Waals surface area contributed by atoms with Crippen LogP contribution in [0.5, 0.6) is 5.75 Å². The molecule has 0 radical (unpaired) electrons. The van der Waals surface area contributed by atoms with E-state index in [0.29, 0.717) is 27.6 Å². The van der Waals surface area contributed by atoms with E-state index in [1.54, 1.807) is 60.0 Å². The zero-order chi connectivity index (χ0) is 16.9. The first kappa shape index (κ1) is 16.2. The van der Waals surface area contributed by atoms with E-state index in [9.17, 15) is 9.59 Å². The van der Waals surface area contributed by atoms with Gasteiger partial charge in [-0.25, -0.2) is 4.79 Å². The first-order valence-electron chi connectivity index (χ1n) is 7.04. The summed E-state index contributed by atoms with van der Waals surface area (Å²) < 4.78 is 5.26. The SMILES string of the molecule is O=C(Oc1ccc(NC(=O)c2ccccc2Cl)cc1)c1ccsc1. The number of carbonyl (C=O) groups is 2. The molecule has 1 amide bonds. The summed E-state index contributed by atoms with van der Waals surface area (Å²) in [6.07, 6.45) is 0. The number of nitrogens with one attached hydrogen (secondary N) is 1. The number of carbonyl (C=O) groups excluding carboxylic acids is 2. The smallest absolute Gasteiger partial charge is 0.344 e. The number of hydrogen-bond donors (Lipinski definition) is 1. The molecule has 24 heavy (non-hydrogen) atoms. The number of esters is 1. The van der Waals surface area contributed by atoms with Crippen LogP contribution in [0.4, 0.5) is 5.69 Å². The van der Waals surface area contributed by atoms with Gasteiger partial charge in [-0.3, -0.25) is 4.79 Å². The lowest BCUT2D eigenvalue weighted by Crippen LogP contribution is -2.12. The minimum atomic E-state index is -0.413. The summed E-state index contributed by atoms with van der Waals surface area (Å²) >= 11 is 7.43. The normalized spacial score (nSPS) is 10.2. The minimum Gasteiger partial charge on any atom is -0.423 e. The number of hydrogen-bond acceptors (Lipinski definition) is 4. The standard InChI is InChI=1S/C18H12ClNO3S/c19-16-4-2-1-3-15(16)17(21)20-13-5-7-14(8-6-13)23-18(22)12-9-10-24-11-12/h1-11H,(H,20,21). The van der Waals surface area contributed by atoms with Gasteiger partial charge in [-0.05, 0) is 47.8 Å². The van der Waals surface area contributed by atoms with Crippen molar-refractivity contribution in [3.05, 3.63) is 81.5 Å². The molecule has 0 saturated heterocycles. The van der Waals surface area contributed by atoms with Crippen molar-refractivity contribution < 1.29 is 14.3 Å². The zero-order valence-corrected chi connectivity index (χ0v) is 13.9. The molecule has 4 nitrogen and oxygen atoms in total. The summed E-state index contributed by atoms with van der Waals surface area (Å²) in [6.45, 7) is 0. The average Bonchev–Trinajstić information content (AvgIpc) is 3.11. The lowest BCUT2D eigenvalue weighted by atomic mass is 10.2. The third-order valence-corrected chi connectivity index (χ3v) is 4.21. The van der Waals surface area contributed by atoms with Crippen LogP contribution in [0.2, 0.25) is 5.02 Å². The zero-order valence-electron chi connectivity index (χ0n) is 12.4. The Kier molecular flexibility index (Phi) is 4.93. The predicted octanol–water partition coefficient (Wildman–Crippen LogP) is 4.87. The molecule has 0 bridgehead atoms. The van der Waals surface area contributed by atoms with E-state index in [0.717, 1.165) is 0 Å². The van der Waals surface area contributed by atoms with Crippen LogP contribution in [-0.2, 0) is 0 Å². The number of thiophene rings is 1. The molecule has 1 heterocycles. The summed E-state index contributed by atoms with van der Waals surface area (Å²) in [5.41, 5.74) is 1.48. The Morgan fingerprint density at radius 2 is 1.75 bits per heavy atom. The number of ether oxygens (including phenoxy) is 1. The fourth-order valence-corrected chi connectivity index (χ4v) is 2.84. The number of benzene rings is 2. The molecular weight excluding hydrogens is 346 g/mol. The van der Waals surface area contributed by atoms with Gasteiger partial charge in [0.25, 0.3) is 5.91 Å². The van der Waals surface area contributed by atoms with Gasteiger partial charge in [0, 0.05) is 11.1 Å². The molecule has 6 heteroatoms. The maximum Gasteiger partial charge on any atom is 0.344 e. The maximum atomic E-state index is 12.2. The van der Waals surface area contributed by atoms with Crippen molar-refractivity contribution in [2.24, 2.45) is 0 Å². The van der Waals surface area contributed by atoms with Gasteiger partial charge in [0.2, 0.25) is 0 Å². The molecule has 0 saturated carbocycles. The average molecular weight is 358 g/mol. The highest BCUT2D eigenvalue weighted by atomic mass is 35.5. The third kappa shape index (κ3) is 3.82. The van der Waals surface area contributed by atoms with E-state index in [1.807, 2.05) is 5.38 Å². The first-order valence-corrected chi connectivity index (χ1v) is 8.36. The third-order valence-electron chi connectivity index (χ3n) is 3.20. The highest BCUT2D eigenvalue weighted by Crippen LogP contribution is 2.20. The lowest BCUT2D eigenvalue weighted by molar-refractivity contribution is 0.0735. The van der Waals surface area contributed by atoms with Crippen molar-refractivity contribution in [2.75, 3.05) is 5.32 Å². The van der Waals surface area contributed by atoms with Gasteiger partial charge in [0.1, 0.15) is 5.75 Å². The van der Waals surface area contributed by atoms with Crippen molar-refractivity contribution in [3.63, 3.8) is 0 Å². The lowest BCUT2D eigenvalue weighted by Gasteiger charge is -2.08. The summed E-state index contributed by atoms with van der Waals surface area (Å²) in [6, 6.07) is 15.1.